The molecular weight excluding hydrogens is 278 g/mol. The van der Waals surface area contributed by atoms with E-state index in [0.717, 1.165) is 43.5 Å². The van der Waals surface area contributed by atoms with Gasteiger partial charge in [-0.05, 0) is 19.1 Å². The molecule has 0 aliphatic carbocycles. The Morgan fingerprint density at radius 1 is 1.09 bits per heavy atom. The highest BCUT2D eigenvalue weighted by Crippen LogP contribution is 2.19. The molecule has 1 aliphatic heterocycles. The van der Waals surface area contributed by atoms with Crippen LogP contribution >= 0.6 is 0 Å². The molecule has 3 heterocycles. The molecule has 1 saturated heterocycles. The lowest BCUT2D eigenvalue weighted by Gasteiger charge is -2.36. The zero-order valence-corrected chi connectivity index (χ0v) is 12.4. The van der Waals surface area contributed by atoms with Crippen molar-refractivity contribution in [2.24, 2.45) is 0 Å². The molecule has 0 atom stereocenters. The summed E-state index contributed by atoms with van der Waals surface area (Å²) in [7, 11) is 0. The van der Waals surface area contributed by atoms with Gasteiger partial charge in [-0.2, -0.15) is 10.2 Å². The highest BCUT2D eigenvalue weighted by molar-refractivity contribution is 5.48. The maximum Gasteiger partial charge on any atom is 0.222 e. The van der Waals surface area contributed by atoms with Crippen molar-refractivity contribution in [2.45, 2.75) is 6.92 Å². The van der Waals surface area contributed by atoms with E-state index in [0.29, 0.717) is 11.5 Å². The summed E-state index contributed by atoms with van der Waals surface area (Å²) in [6.07, 6.45) is 1.61. The lowest BCUT2D eigenvalue weighted by molar-refractivity contribution is 0.641. The Hall–Kier alpha value is -2.88. The zero-order chi connectivity index (χ0) is 15.5. The van der Waals surface area contributed by atoms with Gasteiger partial charge in [0.25, 0.3) is 0 Å². The molecule has 7 nitrogen and oxygen atoms in total. The Morgan fingerprint density at radius 3 is 2.32 bits per heavy atom. The number of nitriles is 1. The molecule has 2 aromatic rings. The summed E-state index contributed by atoms with van der Waals surface area (Å²) in [5.74, 6) is 2.08. The molecule has 0 radical (unpaired) electrons. The van der Waals surface area contributed by atoms with Crippen molar-refractivity contribution in [1.29, 1.82) is 5.26 Å². The van der Waals surface area contributed by atoms with Gasteiger partial charge >= 0.3 is 0 Å². The molecule has 3 rings (SSSR count). The molecule has 7 heteroatoms. The van der Waals surface area contributed by atoms with E-state index in [1.54, 1.807) is 12.3 Å². The number of piperazine rings is 1. The van der Waals surface area contributed by atoms with Crippen molar-refractivity contribution in [3.8, 4) is 6.07 Å². The first-order valence-electron chi connectivity index (χ1n) is 7.13. The van der Waals surface area contributed by atoms with E-state index < -0.39 is 0 Å². The van der Waals surface area contributed by atoms with E-state index in [1.807, 2.05) is 19.1 Å². The number of rotatable bonds is 2. The van der Waals surface area contributed by atoms with Crippen molar-refractivity contribution in [3.63, 3.8) is 0 Å². The lowest BCUT2D eigenvalue weighted by atomic mass is 10.2. The molecule has 112 valence electrons. The third-order valence-corrected chi connectivity index (χ3v) is 3.66. The molecule has 0 saturated carbocycles. The second kappa shape index (κ2) is 5.85. The van der Waals surface area contributed by atoms with Crippen LogP contribution in [0, 0.1) is 18.3 Å². The molecule has 0 amide bonds. The number of pyridine rings is 1. The Morgan fingerprint density at radius 2 is 1.77 bits per heavy atom. The molecule has 1 fully saturated rings. The van der Waals surface area contributed by atoms with Crippen LogP contribution < -0.4 is 15.5 Å². The molecule has 2 N–H and O–H groups in total. The lowest BCUT2D eigenvalue weighted by Crippen LogP contribution is -2.47. The predicted octanol–water partition coefficient (Wildman–Crippen LogP) is 0.960. The van der Waals surface area contributed by atoms with Crippen molar-refractivity contribution in [1.82, 2.24) is 15.0 Å². The summed E-state index contributed by atoms with van der Waals surface area (Å²) in [4.78, 5) is 17.1. The number of hydrogen-bond acceptors (Lipinski definition) is 7. The molecule has 0 unspecified atom stereocenters. The third kappa shape index (κ3) is 2.91. The monoisotopic (exact) mass is 295 g/mol. The van der Waals surface area contributed by atoms with E-state index in [2.05, 4.69) is 30.8 Å². The second-order valence-corrected chi connectivity index (χ2v) is 5.22. The Kier molecular flexibility index (Phi) is 3.74. The fourth-order valence-electron chi connectivity index (χ4n) is 2.54. The van der Waals surface area contributed by atoms with Crippen LogP contribution in [0.25, 0.3) is 0 Å². The van der Waals surface area contributed by atoms with Crippen LogP contribution in [-0.4, -0.2) is 41.1 Å². The number of aromatic nitrogens is 3. The smallest absolute Gasteiger partial charge is 0.222 e. The van der Waals surface area contributed by atoms with E-state index >= 15 is 0 Å². The van der Waals surface area contributed by atoms with Gasteiger partial charge in [-0.1, -0.05) is 0 Å². The van der Waals surface area contributed by atoms with Crippen LogP contribution in [-0.2, 0) is 0 Å². The van der Waals surface area contributed by atoms with Crippen LogP contribution in [0.3, 0.4) is 0 Å². The standard InChI is InChI=1S/C15H17N7/c1-11-8-14(20-15(17)19-11)22-6-4-21(5-7-22)13-3-2-12(9-16)10-18-13/h2-3,8,10H,4-7H2,1H3,(H2,17,19,20). The zero-order valence-electron chi connectivity index (χ0n) is 12.4. The normalized spacial score (nSPS) is 14.7. The quantitative estimate of drug-likeness (QED) is 0.881. The van der Waals surface area contributed by atoms with Crippen LogP contribution in [0.5, 0.6) is 0 Å². The highest BCUT2D eigenvalue weighted by Gasteiger charge is 2.19. The summed E-state index contributed by atoms with van der Waals surface area (Å²) >= 11 is 0. The molecular formula is C15H17N7. The number of nitrogens with zero attached hydrogens (tertiary/aromatic N) is 6. The van der Waals surface area contributed by atoms with Gasteiger partial charge in [-0.25, -0.2) is 9.97 Å². The van der Waals surface area contributed by atoms with Crippen molar-refractivity contribution in [3.05, 3.63) is 35.7 Å². The number of nitrogens with two attached hydrogens (primary N) is 1. The van der Waals surface area contributed by atoms with Gasteiger partial charge in [0.2, 0.25) is 5.95 Å². The minimum Gasteiger partial charge on any atom is -0.368 e. The molecule has 0 spiro atoms. The van der Waals surface area contributed by atoms with Gasteiger partial charge in [0.1, 0.15) is 17.7 Å². The first-order valence-corrected chi connectivity index (χ1v) is 7.13. The van der Waals surface area contributed by atoms with Gasteiger partial charge in [-0.3, -0.25) is 0 Å². The number of anilines is 3. The number of hydrogen-bond donors (Lipinski definition) is 1. The van der Waals surface area contributed by atoms with Gasteiger partial charge in [0.15, 0.2) is 0 Å². The van der Waals surface area contributed by atoms with Crippen molar-refractivity contribution in [2.75, 3.05) is 41.7 Å². The first kappa shape index (κ1) is 14.1. The van der Waals surface area contributed by atoms with Crippen LogP contribution in [0.1, 0.15) is 11.3 Å². The minimum atomic E-state index is 0.311. The summed E-state index contributed by atoms with van der Waals surface area (Å²) in [6, 6.07) is 7.72. The average molecular weight is 295 g/mol. The Bertz CT molecular complexity index is 677. The van der Waals surface area contributed by atoms with Crippen molar-refractivity contribution >= 4 is 17.6 Å². The molecule has 0 aromatic carbocycles. The summed E-state index contributed by atoms with van der Waals surface area (Å²) in [6.45, 7) is 5.30. The molecule has 0 bridgehead atoms. The van der Waals surface area contributed by atoms with Crippen LogP contribution in [0.2, 0.25) is 0 Å². The Labute approximate surface area is 129 Å². The maximum atomic E-state index is 8.81. The van der Waals surface area contributed by atoms with Crippen LogP contribution in [0.4, 0.5) is 17.6 Å². The van der Waals surface area contributed by atoms with Crippen molar-refractivity contribution < 1.29 is 0 Å². The maximum absolute atomic E-state index is 8.81. The first-order chi connectivity index (χ1) is 10.7. The molecule has 2 aromatic heterocycles. The SMILES string of the molecule is Cc1cc(N2CCN(c3ccc(C#N)cn3)CC2)nc(N)n1. The largest absolute Gasteiger partial charge is 0.368 e. The minimum absolute atomic E-state index is 0.311. The highest BCUT2D eigenvalue weighted by atomic mass is 15.3. The van der Waals surface area contributed by atoms with E-state index in [4.69, 9.17) is 11.0 Å². The summed E-state index contributed by atoms with van der Waals surface area (Å²) in [5, 5.41) is 8.81. The second-order valence-electron chi connectivity index (χ2n) is 5.22. The van der Waals surface area contributed by atoms with Gasteiger partial charge in [0, 0.05) is 44.1 Å². The van der Waals surface area contributed by atoms with E-state index in [-0.39, 0.29) is 0 Å². The number of aryl methyl sites for hydroxylation is 1. The van der Waals surface area contributed by atoms with Gasteiger partial charge in [0.05, 0.1) is 5.56 Å². The van der Waals surface area contributed by atoms with Gasteiger partial charge in [-0.15, -0.1) is 0 Å². The molecule has 1 aliphatic rings. The fraction of sp³-hybridized carbons (Fsp3) is 0.333. The summed E-state index contributed by atoms with van der Waals surface area (Å²) in [5.41, 5.74) is 7.17. The Balaban J connectivity index is 1.68. The topological polar surface area (TPSA) is 95.0 Å². The fourth-order valence-corrected chi connectivity index (χ4v) is 2.54. The third-order valence-electron chi connectivity index (χ3n) is 3.66. The molecule has 22 heavy (non-hydrogen) atoms. The average Bonchev–Trinajstić information content (AvgIpc) is 2.54. The number of nitrogen functional groups attached to an aromatic ring is 1. The van der Waals surface area contributed by atoms with E-state index in [1.165, 1.54) is 0 Å². The van der Waals surface area contributed by atoms with Crippen LogP contribution in [0.15, 0.2) is 24.4 Å². The van der Waals surface area contributed by atoms with E-state index in [9.17, 15) is 0 Å². The van der Waals surface area contributed by atoms with Gasteiger partial charge < -0.3 is 15.5 Å². The summed E-state index contributed by atoms with van der Waals surface area (Å²) < 4.78 is 0. The predicted molar refractivity (Wildman–Crippen MR) is 84.6 cm³/mol.